The molecule has 1 heterocycles. The number of hydrogen-bond donors (Lipinski definition) is 6. The first-order chi connectivity index (χ1) is 37.6. The van der Waals surface area contributed by atoms with Gasteiger partial charge in [0.25, 0.3) is 17.7 Å². The van der Waals surface area contributed by atoms with Gasteiger partial charge in [-0.15, -0.1) is 0 Å². The number of halogens is 1. The third-order valence-corrected chi connectivity index (χ3v) is 14.0. The molecule has 1 saturated carbocycles. The molecular formula is C59H59ClN6O12. The number of carboxylic acids is 1. The number of anilines is 3. The van der Waals surface area contributed by atoms with Crippen molar-refractivity contribution >= 4 is 70.0 Å². The van der Waals surface area contributed by atoms with Gasteiger partial charge in [-0.25, -0.2) is 4.79 Å². The lowest BCUT2D eigenvalue weighted by Gasteiger charge is -2.16. The summed E-state index contributed by atoms with van der Waals surface area (Å²) in [6, 6.07) is 28.3. The lowest BCUT2D eigenvalue weighted by molar-refractivity contribution is -0.128. The number of carboxylic acid groups (broad SMARTS) is 1. The standard InChI is InChI=1S/C59H59ClN6O12/c1-34-35(2)55-40(26-44(56(55)70)37-11-4-5-12-37)27-50(34)77-30-36-10-8-13-38(24-36)39-15-20-49(45(25-39)59(73)74)78-33-53(68)63-23-9-22-62-52(67)31-76-32-54(69)64-41-16-18-43(46(60)28-41)57(71)66-47-19-17-42(29-51(47)75-3)65-58(72)48-14-6-7-21-61-48/h6-8,10,13-21,24-25,27-29,37,44H,4-5,9,11-12,22-23,26,30-33H2,1-3H3,(H,62,67)(H,63,68)(H,64,69)(H,65,72)(H,66,71)(H,73,74). The molecule has 19 heteroatoms. The summed E-state index contributed by atoms with van der Waals surface area (Å²) in [6.45, 7) is 3.31. The number of ketones is 1. The monoisotopic (exact) mass is 1080 g/mol. The van der Waals surface area contributed by atoms with E-state index in [1.807, 2.05) is 44.2 Å². The van der Waals surface area contributed by atoms with Crippen LogP contribution in [-0.2, 0) is 32.1 Å². The normalized spacial score (nSPS) is 13.7. The van der Waals surface area contributed by atoms with Crippen LogP contribution in [0.1, 0.15) is 95.9 Å². The fraction of sp³-hybridized carbons (Fsp3) is 0.288. The molecule has 0 bridgehead atoms. The van der Waals surface area contributed by atoms with Crippen molar-refractivity contribution in [1.82, 2.24) is 15.6 Å². The molecule has 1 atom stereocenters. The van der Waals surface area contributed by atoms with Crippen molar-refractivity contribution in [3.05, 3.63) is 159 Å². The number of Topliss-reactive ketones (excluding diaryl/α,β-unsaturated/α-hetero) is 1. The highest BCUT2D eigenvalue weighted by molar-refractivity contribution is 6.34. The van der Waals surface area contributed by atoms with E-state index < -0.39 is 55.3 Å². The van der Waals surface area contributed by atoms with Gasteiger partial charge in [0.1, 0.15) is 48.3 Å². The number of aromatic carboxylic acids is 1. The third kappa shape index (κ3) is 14.1. The predicted octanol–water partition coefficient (Wildman–Crippen LogP) is 9.01. The quantitative estimate of drug-likeness (QED) is 0.0328. The number of nitrogens with zero attached hydrogens (tertiary/aromatic N) is 1. The van der Waals surface area contributed by atoms with E-state index in [0.29, 0.717) is 29.3 Å². The molecule has 6 N–H and O–H groups in total. The van der Waals surface area contributed by atoms with Crippen LogP contribution in [0.3, 0.4) is 0 Å². The van der Waals surface area contributed by atoms with E-state index in [2.05, 4.69) is 31.6 Å². The number of benzene rings is 5. The Morgan fingerprint density at radius 3 is 2.14 bits per heavy atom. The molecular weight excluding hydrogens is 1020 g/mol. The highest BCUT2D eigenvalue weighted by Gasteiger charge is 2.39. The minimum Gasteiger partial charge on any atom is -0.494 e. The van der Waals surface area contributed by atoms with Crippen molar-refractivity contribution in [3.8, 4) is 28.4 Å². The number of pyridine rings is 1. The maximum absolute atomic E-state index is 13.5. The lowest BCUT2D eigenvalue weighted by Crippen LogP contribution is -2.34. The Bertz CT molecular complexity index is 3250. The second-order valence-corrected chi connectivity index (χ2v) is 19.4. The molecule has 18 nitrogen and oxygen atoms in total. The zero-order valence-corrected chi connectivity index (χ0v) is 44.1. The number of aromatic nitrogens is 1. The summed E-state index contributed by atoms with van der Waals surface area (Å²) >= 11 is 6.42. The average Bonchev–Trinajstić information content (AvgIpc) is 4.10. The van der Waals surface area contributed by atoms with Crippen LogP contribution < -0.4 is 40.8 Å². The SMILES string of the molecule is COc1cc(NC(=O)c2ccccn2)ccc1NC(=O)c1ccc(NC(=O)COCC(=O)NCCCNC(=O)COc2ccc(-c3cccc(COc4cc5c(c(C)c4C)C(=O)C(C4CCCC4)C5)c3)cc2C(=O)O)cc1Cl. The molecule has 2 aliphatic carbocycles. The smallest absolute Gasteiger partial charge is 0.339 e. The van der Waals surface area contributed by atoms with E-state index in [9.17, 15) is 38.7 Å². The van der Waals surface area contributed by atoms with Gasteiger partial charge in [0, 0.05) is 48.2 Å². The van der Waals surface area contributed by atoms with E-state index >= 15 is 0 Å². The van der Waals surface area contributed by atoms with Crippen LogP contribution in [0.2, 0.25) is 5.02 Å². The minimum absolute atomic E-state index is 0.0217. The van der Waals surface area contributed by atoms with Crippen LogP contribution in [0.25, 0.3) is 11.1 Å². The van der Waals surface area contributed by atoms with Gasteiger partial charge < -0.3 is 50.6 Å². The summed E-state index contributed by atoms with van der Waals surface area (Å²) in [7, 11) is 1.41. The molecule has 5 aromatic carbocycles. The van der Waals surface area contributed by atoms with Crippen LogP contribution in [0.5, 0.6) is 17.2 Å². The first-order valence-electron chi connectivity index (χ1n) is 25.5. The van der Waals surface area contributed by atoms with Gasteiger partial charge in [-0.1, -0.05) is 54.8 Å². The van der Waals surface area contributed by atoms with E-state index in [1.54, 1.807) is 42.5 Å². The highest BCUT2D eigenvalue weighted by atomic mass is 35.5. The van der Waals surface area contributed by atoms with Crippen molar-refractivity contribution in [2.75, 3.05) is 56.0 Å². The van der Waals surface area contributed by atoms with Crippen molar-refractivity contribution in [2.45, 2.75) is 59.0 Å². The van der Waals surface area contributed by atoms with E-state index in [-0.39, 0.29) is 70.4 Å². The molecule has 8 rings (SSSR count). The topological polar surface area (TPSA) is 250 Å². The molecule has 6 aromatic rings. The van der Waals surface area contributed by atoms with E-state index in [4.69, 9.17) is 30.5 Å². The Kier molecular flexibility index (Phi) is 18.5. The predicted molar refractivity (Wildman–Crippen MR) is 293 cm³/mol. The molecule has 404 valence electrons. The van der Waals surface area contributed by atoms with Gasteiger partial charge in [0.2, 0.25) is 11.8 Å². The molecule has 78 heavy (non-hydrogen) atoms. The third-order valence-electron chi connectivity index (χ3n) is 13.7. The van der Waals surface area contributed by atoms with Crippen molar-refractivity contribution in [3.63, 3.8) is 0 Å². The number of carbonyl (C=O) groups excluding carboxylic acids is 6. The average molecular weight is 1080 g/mol. The first kappa shape index (κ1) is 55.6. The maximum Gasteiger partial charge on any atom is 0.339 e. The number of hydrogen-bond acceptors (Lipinski definition) is 12. The number of methoxy groups -OCH3 is 1. The summed E-state index contributed by atoms with van der Waals surface area (Å²) in [4.78, 5) is 93.0. The molecule has 0 aliphatic heterocycles. The second kappa shape index (κ2) is 26.0. The molecule has 0 radical (unpaired) electrons. The Hall–Kier alpha value is -8.61. The first-order valence-corrected chi connectivity index (χ1v) is 25.8. The maximum atomic E-state index is 13.5. The Morgan fingerprint density at radius 1 is 0.679 bits per heavy atom. The molecule has 1 unspecified atom stereocenters. The number of nitrogens with one attached hydrogen (secondary N) is 5. The van der Waals surface area contributed by atoms with Crippen LogP contribution in [0.15, 0.2) is 109 Å². The number of fused-ring (bicyclic) bond motifs is 1. The van der Waals surface area contributed by atoms with Crippen LogP contribution in [-0.4, -0.2) is 91.4 Å². The molecule has 2 aliphatic rings. The van der Waals surface area contributed by atoms with Crippen molar-refractivity contribution < 1.29 is 57.6 Å². The van der Waals surface area contributed by atoms with Gasteiger partial charge >= 0.3 is 5.97 Å². The summed E-state index contributed by atoms with van der Waals surface area (Å²) in [6.07, 6.45) is 7.24. The van der Waals surface area contributed by atoms with Crippen LogP contribution >= 0.6 is 11.6 Å². The lowest BCUT2D eigenvalue weighted by atomic mass is 9.87. The van der Waals surface area contributed by atoms with Gasteiger partial charge in [0.15, 0.2) is 12.4 Å². The highest BCUT2D eigenvalue weighted by Crippen LogP contribution is 2.43. The molecule has 1 aromatic heterocycles. The van der Waals surface area contributed by atoms with E-state index in [0.717, 1.165) is 58.4 Å². The van der Waals surface area contributed by atoms with Gasteiger partial charge in [-0.3, -0.25) is 33.8 Å². The molecule has 1 fully saturated rings. The van der Waals surface area contributed by atoms with Crippen molar-refractivity contribution in [1.29, 1.82) is 0 Å². The zero-order valence-electron chi connectivity index (χ0n) is 43.3. The Labute approximate surface area is 455 Å². The van der Waals surface area contributed by atoms with Crippen LogP contribution in [0.4, 0.5) is 17.1 Å². The number of ether oxygens (including phenoxy) is 4. The minimum atomic E-state index is -1.22. The summed E-state index contributed by atoms with van der Waals surface area (Å²) in [5.74, 6) is -1.93. The van der Waals surface area contributed by atoms with Crippen LogP contribution in [0, 0.1) is 25.7 Å². The van der Waals surface area contributed by atoms with Gasteiger partial charge in [-0.05, 0) is 146 Å². The van der Waals surface area contributed by atoms with Crippen molar-refractivity contribution in [2.24, 2.45) is 11.8 Å². The number of carbonyl (C=O) groups is 7. The molecule has 0 saturated heterocycles. The number of amides is 5. The number of rotatable bonds is 23. The van der Waals surface area contributed by atoms with Gasteiger partial charge in [-0.2, -0.15) is 0 Å². The zero-order chi connectivity index (χ0) is 55.3. The molecule has 0 spiro atoms. The Balaban J connectivity index is 0.716. The summed E-state index contributed by atoms with van der Waals surface area (Å²) in [5, 5.41) is 23.5. The largest absolute Gasteiger partial charge is 0.494 e. The fourth-order valence-electron chi connectivity index (χ4n) is 9.62. The molecule has 5 amide bonds. The van der Waals surface area contributed by atoms with E-state index in [1.165, 1.54) is 56.5 Å². The fourth-order valence-corrected chi connectivity index (χ4v) is 9.89. The second-order valence-electron chi connectivity index (χ2n) is 19.0. The summed E-state index contributed by atoms with van der Waals surface area (Å²) in [5.41, 5.74) is 7.35. The summed E-state index contributed by atoms with van der Waals surface area (Å²) < 4.78 is 22.7. The van der Waals surface area contributed by atoms with Gasteiger partial charge in [0.05, 0.1) is 23.4 Å². The Morgan fingerprint density at radius 2 is 1.41 bits per heavy atom.